The van der Waals surface area contributed by atoms with Crippen LogP contribution in [0.15, 0.2) is 92.3 Å². The Labute approximate surface area is 427 Å². The van der Waals surface area contributed by atoms with Gasteiger partial charge in [0.1, 0.15) is 0 Å². The summed E-state index contributed by atoms with van der Waals surface area (Å²) in [5.41, 5.74) is 2.55. The van der Waals surface area contributed by atoms with Crippen LogP contribution < -0.4 is 10.6 Å². The zero-order valence-electron chi connectivity index (χ0n) is 41.6. The van der Waals surface area contributed by atoms with Crippen molar-refractivity contribution in [2.24, 2.45) is 51.9 Å². The van der Waals surface area contributed by atoms with E-state index in [-0.39, 0.29) is 32.6 Å². The molecular weight excluding hydrogens is 1090 g/mol. The number of carbonyl (C=O) groups excluding carboxylic acids is 1. The number of aromatic nitrogens is 10. The summed E-state index contributed by atoms with van der Waals surface area (Å²) in [6, 6.07) is 9.54. The van der Waals surface area contributed by atoms with Gasteiger partial charge in [0.15, 0.2) is 23.3 Å². The predicted molar refractivity (Wildman–Crippen MR) is 262 cm³/mol. The summed E-state index contributed by atoms with van der Waals surface area (Å²) in [6.45, 7) is 4.20. The van der Waals surface area contributed by atoms with Gasteiger partial charge in [0.25, 0.3) is 0 Å². The van der Waals surface area contributed by atoms with E-state index in [0.717, 1.165) is 66.2 Å². The van der Waals surface area contributed by atoms with Crippen molar-refractivity contribution >= 4 is 29.5 Å². The summed E-state index contributed by atoms with van der Waals surface area (Å²) in [6.07, 6.45) is 20.0. The number of nitrogens with zero attached hydrogens (tertiary/aromatic N) is 10. The molecule has 6 rings (SSSR count). The van der Waals surface area contributed by atoms with E-state index < -0.39 is 59.7 Å². The van der Waals surface area contributed by atoms with Crippen LogP contribution in [0.25, 0.3) is 34.7 Å². The van der Waals surface area contributed by atoms with Gasteiger partial charge in [-0.25, -0.2) is 19.9 Å². The van der Waals surface area contributed by atoms with Crippen molar-refractivity contribution in [2.45, 2.75) is 71.0 Å². The Morgan fingerprint density at radius 1 is 0.592 bits per heavy atom. The Bertz CT molecular complexity index is 2370. The van der Waals surface area contributed by atoms with Crippen molar-refractivity contribution in [2.75, 3.05) is 32.6 Å². The Balaban J connectivity index is 0.000000424. The zero-order chi connectivity index (χ0) is 51.2. The van der Waals surface area contributed by atoms with Gasteiger partial charge >= 0.3 is 17.9 Å². The van der Waals surface area contributed by atoms with Crippen molar-refractivity contribution in [3.8, 4) is 34.7 Å². The summed E-state index contributed by atoms with van der Waals surface area (Å²) in [5.74, 6) is -5.65. The third-order valence-electron chi connectivity index (χ3n) is 11.9. The molecule has 0 saturated carbocycles. The molecule has 5 N–H and O–H groups in total. The van der Waals surface area contributed by atoms with E-state index in [1.165, 1.54) is 21.1 Å². The molecule has 6 aromatic heterocycles. The molecule has 6 unspecified atom stereocenters. The van der Waals surface area contributed by atoms with Gasteiger partial charge in [-0.2, -0.15) is 0 Å². The molecule has 6 heterocycles. The third kappa shape index (κ3) is 17.3. The van der Waals surface area contributed by atoms with Crippen LogP contribution in [0, 0.1) is 23.7 Å². The van der Waals surface area contributed by atoms with E-state index >= 15 is 0 Å². The fraction of sp³-hybridized carbons (Fsp3) is 0.469. The number of anilines is 1. The molecule has 0 saturated heterocycles. The van der Waals surface area contributed by atoms with Crippen molar-refractivity contribution in [3.63, 3.8) is 0 Å². The minimum absolute atomic E-state index is 0. The second-order valence-electron chi connectivity index (χ2n) is 16.7. The van der Waals surface area contributed by atoms with E-state index in [1.807, 2.05) is 102 Å². The van der Waals surface area contributed by atoms with Gasteiger partial charge in [-0.1, -0.05) is 32.8 Å². The quantitative estimate of drug-likeness (QED) is 0.0422. The van der Waals surface area contributed by atoms with Gasteiger partial charge in [-0.15, -0.1) is 0 Å². The summed E-state index contributed by atoms with van der Waals surface area (Å²) in [5, 5.41) is 35.4. The number of carbonyl (C=O) groups is 4. The molecule has 71 heavy (non-hydrogen) atoms. The number of pyridine rings is 2. The molecule has 0 bridgehead atoms. The van der Waals surface area contributed by atoms with Gasteiger partial charge in [0.2, 0.25) is 5.91 Å². The van der Waals surface area contributed by atoms with Gasteiger partial charge in [-0.3, -0.25) is 29.1 Å². The van der Waals surface area contributed by atoms with Crippen LogP contribution in [-0.2, 0) is 76.6 Å². The number of unbranched alkanes of at least 4 members (excludes halogenated alkanes) is 3. The number of methoxy groups -OCH3 is 2. The fourth-order valence-electron chi connectivity index (χ4n) is 7.96. The number of aryl methyl sites for hydroxylation is 4. The average molecular weight is 1160 g/mol. The molecular formula is C49H68N12O9Os. The molecule has 0 aromatic carbocycles. The molecule has 0 radical (unpaired) electrons. The van der Waals surface area contributed by atoms with Crippen LogP contribution in [0.2, 0.25) is 0 Å². The van der Waals surface area contributed by atoms with E-state index in [4.69, 9.17) is 9.47 Å². The maximum atomic E-state index is 13.3. The normalized spacial score (nSPS) is 13.4. The van der Waals surface area contributed by atoms with Gasteiger partial charge < -0.3 is 53.7 Å². The first-order valence-corrected chi connectivity index (χ1v) is 23.2. The molecule has 6 atom stereocenters. The van der Waals surface area contributed by atoms with Crippen LogP contribution in [0.1, 0.15) is 58.8 Å². The molecule has 0 aliphatic rings. The standard InChI is InChI=1S/C33H48N4O9.2C8H10N4.Os/c1-5-26(45-3)29(23(32(41)42)13-14-27(46-4)28(33(43)44)21(2)31(39)40)30(38)37-18-10-7-6-9-16-34-22-15-19-36-25(20-22)24-12-8-11-17-35-24;2*1-11-5-3-9-7(11)8-10-4-6-12(8)2;/h8,11-12,15,17,19-21,23,26-29H,5-7,9-10,13-14,16,18H2,1-4H3,(H,34,36)(H,37,38)(H,39,40)(H,41,42)(H,43,44);2*3-6H,1-2H3;. The van der Waals surface area contributed by atoms with E-state index in [2.05, 4.69) is 40.5 Å². The van der Waals surface area contributed by atoms with Crippen molar-refractivity contribution in [1.82, 2.24) is 53.5 Å². The van der Waals surface area contributed by atoms with Crippen LogP contribution in [-0.4, -0.2) is 127 Å². The fourth-order valence-corrected chi connectivity index (χ4v) is 7.96. The number of imidazole rings is 4. The van der Waals surface area contributed by atoms with Crippen molar-refractivity contribution in [1.29, 1.82) is 0 Å². The maximum absolute atomic E-state index is 13.3. The summed E-state index contributed by atoms with van der Waals surface area (Å²) in [4.78, 5) is 74.6. The van der Waals surface area contributed by atoms with E-state index in [9.17, 15) is 34.5 Å². The van der Waals surface area contributed by atoms with Gasteiger partial charge in [-0.05, 0) is 56.4 Å². The minimum atomic E-state index is -1.39. The van der Waals surface area contributed by atoms with Crippen molar-refractivity contribution in [3.05, 3.63) is 92.3 Å². The van der Waals surface area contributed by atoms with Crippen LogP contribution in [0.4, 0.5) is 5.69 Å². The summed E-state index contributed by atoms with van der Waals surface area (Å²) >= 11 is 0. The molecule has 0 aliphatic heterocycles. The maximum Gasteiger partial charge on any atom is 0.310 e. The topological polar surface area (TPSA) is 269 Å². The van der Waals surface area contributed by atoms with Crippen LogP contribution >= 0.6 is 0 Å². The number of hydrogen-bond donors (Lipinski definition) is 5. The molecule has 21 nitrogen and oxygen atoms in total. The number of rotatable bonds is 25. The number of hydrogen-bond acceptors (Lipinski definition) is 13. The Hall–Kier alpha value is -6.62. The molecule has 22 heteroatoms. The second-order valence-corrected chi connectivity index (χ2v) is 16.7. The largest absolute Gasteiger partial charge is 0.481 e. The molecule has 386 valence electrons. The third-order valence-corrected chi connectivity index (χ3v) is 11.9. The molecule has 0 fully saturated rings. The minimum Gasteiger partial charge on any atom is -0.481 e. The number of carboxylic acids is 3. The Morgan fingerprint density at radius 3 is 1.51 bits per heavy atom. The second kappa shape index (κ2) is 30.2. The van der Waals surface area contributed by atoms with Crippen LogP contribution in [0.3, 0.4) is 0 Å². The summed E-state index contributed by atoms with van der Waals surface area (Å²) in [7, 11) is 10.5. The molecule has 0 spiro atoms. The summed E-state index contributed by atoms with van der Waals surface area (Å²) < 4.78 is 18.6. The average Bonchev–Trinajstić information content (AvgIpc) is 4.18. The Kier molecular flexibility index (Phi) is 25.0. The first-order chi connectivity index (χ1) is 33.6. The van der Waals surface area contributed by atoms with Crippen molar-refractivity contribution < 1.29 is 63.8 Å². The SMILES string of the molecule is CCC(OC)C(C(=O)NCCCCCCNc1ccnc(-c2ccccn2)c1)C(CCC(OC)C(C(=O)O)C(C)C(=O)O)C(=O)O.Cn1ccnc1-c1nccn1C.Cn1ccnc1-c1nccn1C.[Os]. The number of ether oxygens (including phenoxy) is 2. The smallest absolute Gasteiger partial charge is 0.310 e. The number of nitrogens with one attached hydrogen (secondary N) is 2. The van der Waals surface area contributed by atoms with Gasteiger partial charge in [0.05, 0.1) is 47.3 Å². The van der Waals surface area contributed by atoms with Gasteiger partial charge in [0, 0.05) is 143 Å². The molecule has 6 aromatic rings. The molecule has 1 amide bonds. The van der Waals surface area contributed by atoms with E-state index in [1.54, 1.807) is 44.1 Å². The zero-order valence-corrected chi connectivity index (χ0v) is 44.1. The van der Waals surface area contributed by atoms with Crippen LogP contribution in [0.5, 0.6) is 0 Å². The first kappa shape index (κ1) is 58.7. The first-order valence-electron chi connectivity index (χ1n) is 23.2. The number of carboxylic acid groups (broad SMARTS) is 3. The number of amides is 1. The number of aliphatic carboxylic acids is 3. The Morgan fingerprint density at radius 2 is 1.10 bits per heavy atom. The monoisotopic (exact) mass is 1160 g/mol. The van der Waals surface area contributed by atoms with E-state index in [0.29, 0.717) is 19.4 Å². The predicted octanol–water partition coefficient (Wildman–Crippen LogP) is 5.83. The molecule has 0 aliphatic carbocycles.